The van der Waals surface area contributed by atoms with Gasteiger partial charge in [-0.2, -0.15) is 0 Å². The number of halogens is 2. The predicted octanol–water partition coefficient (Wildman–Crippen LogP) is 1.82. The first kappa shape index (κ1) is 12.8. The number of rotatable bonds is 3. The lowest BCUT2D eigenvalue weighted by Crippen LogP contribution is -2.35. The van der Waals surface area contributed by atoms with Gasteiger partial charge < -0.3 is 10.6 Å². The Hall–Kier alpha value is -1.29. The van der Waals surface area contributed by atoms with Crippen LogP contribution < -0.4 is 10.6 Å². The van der Waals surface area contributed by atoms with Crippen LogP contribution in [0.25, 0.3) is 0 Å². The summed E-state index contributed by atoms with van der Waals surface area (Å²) in [5, 5.41) is 6.46. The molecule has 0 aliphatic heterocycles. The van der Waals surface area contributed by atoms with E-state index in [0.29, 0.717) is 11.6 Å². The van der Waals surface area contributed by atoms with Gasteiger partial charge in [-0.15, -0.1) is 0 Å². The van der Waals surface area contributed by atoms with Crippen molar-refractivity contribution >= 4 is 17.6 Å². The highest BCUT2D eigenvalue weighted by Crippen LogP contribution is 2.17. The van der Waals surface area contributed by atoms with E-state index in [4.69, 9.17) is 11.6 Å². The van der Waals surface area contributed by atoms with Crippen molar-refractivity contribution in [1.82, 2.24) is 10.6 Å². The van der Waals surface area contributed by atoms with Crippen LogP contribution in [-0.4, -0.2) is 26.6 Å². The number of nitrogens with one attached hydrogen (secondary N) is 2. The lowest BCUT2D eigenvalue weighted by atomic mass is 10.1. The standard InChI is InChI=1S/C11H15ClFN3/c1-14-11(15-2)16-6-5-8-3-4-9(13)7-10(8)12/h3-4,7H,5-6H2,1-2H3,(H2,14,15,16). The number of hydrogen-bond donors (Lipinski definition) is 2. The van der Waals surface area contributed by atoms with Crippen molar-refractivity contribution < 1.29 is 4.39 Å². The minimum Gasteiger partial charge on any atom is -0.359 e. The predicted molar refractivity (Wildman–Crippen MR) is 65.5 cm³/mol. The second kappa shape index (κ2) is 6.33. The molecule has 1 aromatic rings. The molecule has 0 saturated carbocycles. The first-order valence-corrected chi connectivity index (χ1v) is 5.37. The largest absolute Gasteiger partial charge is 0.359 e. The van der Waals surface area contributed by atoms with Crippen molar-refractivity contribution in [2.24, 2.45) is 4.99 Å². The Labute approximate surface area is 99.7 Å². The maximum Gasteiger partial charge on any atom is 0.190 e. The Morgan fingerprint density at radius 3 is 2.81 bits per heavy atom. The van der Waals surface area contributed by atoms with Gasteiger partial charge in [-0.25, -0.2) is 4.39 Å². The molecule has 0 atom stereocenters. The Bertz CT molecular complexity index is 379. The third kappa shape index (κ3) is 3.70. The average molecular weight is 244 g/mol. The van der Waals surface area contributed by atoms with Crippen molar-refractivity contribution in [3.63, 3.8) is 0 Å². The van der Waals surface area contributed by atoms with Crippen LogP contribution in [0.15, 0.2) is 23.2 Å². The molecule has 0 amide bonds. The normalized spacial score (nSPS) is 11.4. The lowest BCUT2D eigenvalue weighted by Gasteiger charge is -2.09. The molecule has 0 aromatic heterocycles. The molecular weight excluding hydrogens is 229 g/mol. The monoisotopic (exact) mass is 243 g/mol. The molecule has 0 fully saturated rings. The van der Waals surface area contributed by atoms with E-state index in [-0.39, 0.29) is 5.82 Å². The molecule has 0 aliphatic rings. The van der Waals surface area contributed by atoms with Gasteiger partial charge in [0, 0.05) is 25.7 Å². The average Bonchev–Trinajstić information content (AvgIpc) is 2.27. The van der Waals surface area contributed by atoms with Crippen molar-refractivity contribution in [2.45, 2.75) is 6.42 Å². The van der Waals surface area contributed by atoms with Crippen LogP contribution in [0.2, 0.25) is 5.02 Å². The van der Waals surface area contributed by atoms with Crippen LogP contribution in [0.1, 0.15) is 5.56 Å². The van der Waals surface area contributed by atoms with Gasteiger partial charge in [-0.05, 0) is 24.1 Å². The number of hydrogen-bond acceptors (Lipinski definition) is 1. The fraction of sp³-hybridized carbons (Fsp3) is 0.364. The molecule has 0 aliphatic carbocycles. The molecule has 0 radical (unpaired) electrons. The third-order valence-corrected chi connectivity index (χ3v) is 2.51. The van der Waals surface area contributed by atoms with E-state index < -0.39 is 0 Å². The highest BCUT2D eigenvalue weighted by molar-refractivity contribution is 6.31. The minimum atomic E-state index is -0.312. The fourth-order valence-electron chi connectivity index (χ4n) is 1.32. The van der Waals surface area contributed by atoms with Crippen molar-refractivity contribution in [1.29, 1.82) is 0 Å². The summed E-state index contributed by atoms with van der Waals surface area (Å²) in [6.45, 7) is 0.693. The molecule has 1 rings (SSSR count). The van der Waals surface area contributed by atoms with Crippen LogP contribution in [0.3, 0.4) is 0 Å². The molecule has 0 saturated heterocycles. The van der Waals surface area contributed by atoms with E-state index in [0.717, 1.165) is 17.9 Å². The molecule has 3 nitrogen and oxygen atoms in total. The Kier molecular flexibility index (Phi) is 5.05. The zero-order chi connectivity index (χ0) is 12.0. The van der Waals surface area contributed by atoms with E-state index in [1.54, 1.807) is 20.2 Å². The first-order chi connectivity index (χ1) is 7.67. The van der Waals surface area contributed by atoms with Gasteiger partial charge in [-0.1, -0.05) is 17.7 Å². The van der Waals surface area contributed by atoms with E-state index in [1.807, 2.05) is 0 Å². The lowest BCUT2D eigenvalue weighted by molar-refractivity contribution is 0.627. The highest BCUT2D eigenvalue weighted by atomic mass is 35.5. The van der Waals surface area contributed by atoms with Crippen LogP contribution in [0.4, 0.5) is 4.39 Å². The van der Waals surface area contributed by atoms with Crippen molar-refractivity contribution in [3.8, 4) is 0 Å². The summed E-state index contributed by atoms with van der Waals surface area (Å²) in [4.78, 5) is 3.98. The van der Waals surface area contributed by atoms with Crippen molar-refractivity contribution in [3.05, 3.63) is 34.6 Å². The Morgan fingerprint density at radius 2 is 2.25 bits per heavy atom. The SMILES string of the molecule is CN=C(NC)NCCc1ccc(F)cc1Cl. The van der Waals surface area contributed by atoms with E-state index in [2.05, 4.69) is 15.6 Å². The fourth-order valence-corrected chi connectivity index (χ4v) is 1.58. The third-order valence-electron chi connectivity index (χ3n) is 2.16. The van der Waals surface area contributed by atoms with Gasteiger partial charge in [0.1, 0.15) is 5.82 Å². The van der Waals surface area contributed by atoms with Gasteiger partial charge in [-0.3, -0.25) is 4.99 Å². The highest BCUT2D eigenvalue weighted by Gasteiger charge is 2.02. The Morgan fingerprint density at radius 1 is 1.50 bits per heavy atom. The second-order valence-electron chi connectivity index (χ2n) is 3.23. The second-order valence-corrected chi connectivity index (χ2v) is 3.64. The zero-order valence-electron chi connectivity index (χ0n) is 9.35. The van der Waals surface area contributed by atoms with E-state index in [9.17, 15) is 4.39 Å². The van der Waals surface area contributed by atoms with Crippen LogP contribution >= 0.6 is 11.6 Å². The molecule has 5 heteroatoms. The molecule has 0 unspecified atom stereocenters. The summed E-state index contributed by atoms with van der Waals surface area (Å²) < 4.78 is 12.8. The summed E-state index contributed by atoms with van der Waals surface area (Å²) in [6.07, 6.45) is 0.722. The number of benzene rings is 1. The summed E-state index contributed by atoms with van der Waals surface area (Å²) >= 11 is 5.90. The van der Waals surface area contributed by atoms with Gasteiger partial charge >= 0.3 is 0 Å². The number of aliphatic imine (C=N–C) groups is 1. The van der Waals surface area contributed by atoms with E-state index >= 15 is 0 Å². The van der Waals surface area contributed by atoms with Crippen molar-refractivity contribution in [2.75, 3.05) is 20.6 Å². The smallest absolute Gasteiger partial charge is 0.190 e. The zero-order valence-corrected chi connectivity index (χ0v) is 10.1. The molecule has 88 valence electrons. The van der Waals surface area contributed by atoms with Crippen LogP contribution in [0.5, 0.6) is 0 Å². The first-order valence-electron chi connectivity index (χ1n) is 4.99. The summed E-state index contributed by atoms with van der Waals surface area (Å²) in [7, 11) is 3.49. The summed E-state index contributed by atoms with van der Waals surface area (Å²) in [5.41, 5.74) is 0.919. The molecule has 2 N–H and O–H groups in total. The molecule has 1 aromatic carbocycles. The number of guanidine groups is 1. The molecule has 0 spiro atoms. The van der Waals surface area contributed by atoms with Crippen LogP contribution in [0, 0.1) is 5.82 Å². The topological polar surface area (TPSA) is 36.4 Å². The molecular formula is C11H15ClFN3. The molecule has 0 bridgehead atoms. The molecule has 16 heavy (non-hydrogen) atoms. The minimum absolute atomic E-state index is 0.312. The summed E-state index contributed by atoms with van der Waals surface area (Å²) in [5.74, 6) is 0.408. The van der Waals surface area contributed by atoms with E-state index in [1.165, 1.54) is 12.1 Å². The Balaban J connectivity index is 2.49. The number of nitrogens with zero attached hydrogens (tertiary/aromatic N) is 1. The van der Waals surface area contributed by atoms with Gasteiger partial charge in [0.15, 0.2) is 5.96 Å². The molecule has 0 heterocycles. The van der Waals surface area contributed by atoms with Gasteiger partial charge in [0.25, 0.3) is 0 Å². The van der Waals surface area contributed by atoms with Gasteiger partial charge in [0.05, 0.1) is 0 Å². The maximum atomic E-state index is 12.8. The van der Waals surface area contributed by atoms with Crippen LogP contribution in [-0.2, 0) is 6.42 Å². The maximum absolute atomic E-state index is 12.8. The van der Waals surface area contributed by atoms with Gasteiger partial charge in [0.2, 0.25) is 0 Å². The quantitative estimate of drug-likeness (QED) is 0.628. The summed E-state index contributed by atoms with van der Waals surface area (Å²) in [6, 6.07) is 4.43.